The highest BCUT2D eigenvalue weighted by Gasteiger charge is 2.11. The number of aromatic nitrogens is 2. The molecule has 1 aromatic heterocycles. The van der Waals surface area contributed by atoms with E-state index in [0.717, 1.165) is 71.5 Å². The summed E-state index contributed by atoms with van der Waals surface area (Å²) in [7, 11) is 0. The summed E-state index contributed by atoms with van der Waals surface area (Å²) < 4.78 is 8.42. The minimum atomic E-state index is 0.0723. The van der Waals surface area contributed by atoms with Gasteiger partial charge in [-0.3, -0.25) is 4.79 Å². The number of amides is 1. The molecule has 5 nitrogen and oxygen atoms in total. The number of hydrogen-bond acceptors (Lipinski definition) is 3. The Labute approximate surface area is 243 Å². The maximum absolute atomic E-state index is 12.5. The first kappa shape index (κ1) is 28.2. The summed E-state index contributed by atoms with van der Waals surface area (Å²) >= 11 is 0. The highest BCUT2D eigenvalue weighted by Crippen LogP contribution is 2.22. The van der Waals surface area contributed by atoms with Crippen LogP contribution < -0.4 is 10.1 Å². The van der Waals surface area contributed by atoms with Gasteiger partial charge < -0.3 is 14.6 Å². The maximum atomic E-state index is 12.5. The number of rotatable bonds is 13. The molecule has 4 aromatic carbocycles. The second-order valence-corrected chi connectivity index (χ2v) is 10.7. The molecule has 0 aliphatic heterocycles. The number of unbranched alkanes of at least 4 members (excludes halogenated alkanes) is 2. The lowest BCUT2D eigenvalue weighted by molar-refractivity contribution is -0.120. The second kappa shape index (κ2) is 13.8. The van der Waals surface area contributed by atoms with Crippen molar-refractivity contribution in [2.45, 2.75) is 52.5 Å². The third-order valence-corrected chi connectivity index (χ3v) is 7.46. The molecule has 0 fully saturated rings. The fourth-order valence-corrected chi connectivity index (χ4v) is 5.28. The van der Waals surface area contributed by atoms with Gasteiger partial charge in [0.2, 0.25) is 5.91 Å². The average Bonchev–Trinajstić information content (AvgIpc) is 3.34. The number of carbonyl (C=O) groups excluding carboxylic acids is 1. The lowest BCUT2D eigenvalue weighted by Crippen LogP contribution is -2.26. The Balaban J connectivity index is 1.06. The minimum absolute atomic E-state index is 0.0723. The zero-order chi connectivity index (χ0) is 28.4. The third-order valence-electron chi connectivity index (χ3n) is 7.46. The molecule has 0 radical (unpaired) electrons. The van der Waals surface area contributed by atoms with Gasteiger partial charge in [-0.1, -0.05) is 90.8 Å². The normalized spacial score (nSPS) is 11.1. The molecule has 41 heavy (non-hydrogen) atoms. The number of aryl methyl sites for hydroxylation is 3. The summed E-state index contributed by atoms with van der Waals surface area (Å²) in [6.45, 7) is 6.23. The van der Waals surface area contributed by atoms with Crippen LogP contribution in [0.1, 0.15) is 41.8 Å². The van der Waals surface area contributed by atoms with Gasteiger partial charge in [-0.15, -0.1) is 0 Å². The molecule has 0 bridgehead atoms. The number of imidazole rings is 1. The Morgan fingerprint density at radius 1 is 0.829 bits per heavy atom. The number of ether oxygens (including phenoxy) is 1. The van der Waals surface area contributed by atoms with E-state index in [1.54, 1.807) is 0 Å². The van der Waals surface area contributed by atoms with Gasteiger partial charge in [0.1, 0.15) is 18.2 Å². The van der Waals surface area contributed by atoms with Crippen LogP contribution in [-0.4, -0.2) is 28.6 Å². The predicted octanol–water partition coefficient (Wildman–Crippen LogP) is 7.47. The zero-order valence-electron chi connectivity index (χ0n) is 24.1. The summed E-state index contributed by atoms with van der Waals surface area (Å²) in [6.07, 6.45) is 4.32. The summed E-state index contributed by atoms with van der Waals surface area (Å²) in [5, 5.41) is 3.08. The molecule has 0 saturated carbocycles. The molecule has 0 atom stereocenters. The number of hydrogen-bond donors (Lipinski definition) is 1. The molecule has 1 amide bonds. The third kappa shape index (κ3) is 7.63. The van der Waals surface area contributed by atoms with Crippen molar-refractivity contribution >= 4 is 16.9 Å². The highest BCUT2D eigenvalue weighted by atomic mass is 16.5. The van der Waals surface area contributed by atoms with Crippen LogP contribution in [0.4, 0.5) is 0 Å². The number of para-hydroxylation sites is 2. The van der Waals surface area contributed by atoms with Gasteiger partial charge >= 0.3 is 0 Å². The van der Waals surface area contributed by atoms with Crippen molar-refractivity contribution in [3.05, 3.63) is 120 Å². The summed E-state index contributed by atoms with van der Waals surface area (Å²) in [4.78, 5) is 17.4. The Morgan fingerprint density at radius 3 is 2.39 bits per heavy atom. The molecule has 210 valence electrons. The zero-order valence-corrected chi connectivity index (χ0v) is 24.1. The van der Waals surface area contributed by atoms with Gasteiger partial charge in [0.05, 0.1) is 24.0 Å². The van der Waals surface area contributed by atoms with E-state index in [2.05, 4.69) is 84.4 Å². The Bertz CT molecular complexity index is 1570. The molecular formula is C36H39N3O2. The fourth-order valence-electron chi connectivity index (χ4n) is 5.28. The van der Waals surface area contributed by atoms with E-state index in [0.29, 0.717) is 19.6 Å². The number of fused-ring (bicyclic) bond motifs is 1. The molecule has 0 spiro atoms. The van der Waals surface area contributed by atoms with Crippen LogP contribution in [0.5, 0.6) is 5.75 Å². The van der Waals surface area contributed by atoms with Crippen LogP contribution in [0, 0.1) is 13.8 Å². The van der Waals surface area contributed by atoms with Crippen LogP contribution in [-0.2, 0) is 24.2 Å². The van der Waals surface area contributed by atoms with Gasteiger partial charge in [-0.05, 0) is 67.1 Å². The molecule has 1 N–H and O–H groups in total. The average molecular weight is 546 g/mol. The SMILES string of the molecule is Cc1ccc(OCCn2c(CCCCCNC(=O)Cc3ccc(-c4ccccc4)cc3)nc3ccccc32)c(C)c1. The number of benzene rings is 4. The van der Waals surface area contributed by atoms with E-state index in [4.69, 9.17) is 9.72 Å². The van der Waals surface area contributed by atoms with E-state index in [1.807, 2.05) is 36.4 Å². The molecule has 5 aromatic rings. The van der Waals surface area contributed by atoms with Crippen molar-refractivity contribution in [3.8, 4) is 16.9 Å². The topological polar surface area (TPSA) is 56.1 Å². The lowest BCUT2D eigenvalue weighted by atomic mass is 10.0. The fraction of sp³-hybridized carbons (Fsp3) is 0.278. The lowest BCUT2D eigenvalue weighted by Gasteiger charge is -2.13. The van der Waals surface area contributed by atoms with Crippen molar-refractivity contribution in [2.75, 3.05) is 13.2 Å². The first-order valence-electron chi connectivity index (χ1n) is 14.6. The number of carbonyl (C=O) groups is 1. The summed E-state index contributed by atoms with van der Waals surface area (Å²) in [5.74, 6) is 2.11. The van der Waals surface area contributed by atoms with Gasteiger partial charge in [0, 0.05) is 13.0 Å². The van der Waals surface area contributed by atoms with E-state index < -0.39 is 0 Å². The summed E-state index contributed by atoms with van der Waals surface area (Å²) in [6, 6.07) is 33.1. The molecule has 0 saturated heterocycles. The van der Waals surface area contributed by atoms with Gasteiger partial charge in [-0.25, -0.2) is 4.98 Å². The van der Waals surface area contributed by atoms with E-state index in [-0.39, 0.29) is 5.91 Å². The van der Waals surface area contributed by atoms with Crippen LogP contribution in [0.2, 0.25) is 0 Å². The van der Waals surface area contributed by atoms with Crippen molar-refractivity contribution in [3.63, 3.8) is 0 Å². The molecule has 1 heterocycles. The Kier molecular flexibility index (Phi) is 9.48. The van der Waals surface area contributed by atoms with Crippen LogP contribution in [0.25, 0.3) is 22.2 Å². The smallest absolute Gasteiger partial charge is 0.224 e. The first-order valence-corrected chi connectivity index (χ1v) is 14.6. The molecular weight excluding hydrogens is 506 g/mol. The van der Waals surface area contributed by atoms with E-state index >= 15 is 0 Å². The second-order valence-electron chi connectivity index (χ2n) is 10.7. The van der Waals surface area contributed by atoms with Gasteiger partial charge in [-0.2, -0.15) is 0 Å². The largest absolute Gasteiger partial charge is 0.491 e. The molecule has 0 aliphatic rings. The summed E-state index contributed by atoms with van der Waals surface area (Å²) in [5.41, 5.74) is 7.96. The maximum Gasteiger partial charge on any atom is 0.224 e. The highest BCUT2D eigenvalue weighted by molar-refractivity contribution is 5.79. The Morgan fingerprint density at radius 2 is 1.59 bits per heavy atom. The van der Waals surface area contributed by atoms with Crippen LogP contribution in [0.15, 0.2) is 97.1 Å². The molecule has 5 rings (SSSR count). The van der Waals surface area contributed by atoms with Gasteiger partial charge in [0.15, 0.2) is 0 Å². The minimum Gasteiger partial charge on any atom is -0.491 e. The molecule has 0 unspecified atom stereocenters. The Hall–Kier alpha value is -4.38. The quantitative estimate of drug-likeness (QED) is 0.156. The van der Waals surface area contributed by atoms with Crippen molar-refractivity contribution in [1.82, 2.24) is 14.9 Å². The monoisotopic (exact) mass is 545 g/mol. The molecule has 5 heteroatoms. The van der Waals surface area contributed by atoms with Crippen molar-refractivity contribution in [1.29, 1.82) is 0 Å². The van der Waals surface area contributed by atoms with Crippen LogP contribution >= 0.6 is 0 Å². The number of nitrogens with one attached hydrogen (secondary N) is 1. The predicted molar refractivity (Wildman–Crippen MR) is 167 cm³/mol. The standard InChI is InChI=1S/C36H39N3O2/c1-27-16-21-34(28(2)25-27)41-24-23-39-33-14-9-8-13-32(33)38-35(39)15-7-4-10-22-37-36(40)26-29-17-19-31(20-18-29)30-11-5-3-6-12-30/h3,5-6,8-9,11-14,16-21,25H,4,7,10,15,22-24,26H2,1-2H3,(H,37,40). The number of nitrogens with zero attached hydrogens (tertiary/aromatic N) is 2. The van der Waals surface area contributed by atoms with Crippen molar-refractivity contribution in [2.24, 2.45) is 0 Å². The van der Waals surface area contributed by atoms with Crippen molar-refractivity contribution < 1.29 is 9.53 Å². The molecule has 0 aliphatic carbocycles. The van der Waals surface area contributed by atoms with E-state index in [1.165, 1.54) is 11.1 Å². The first-order chi connectivity index (χ1) is 20.1. The van der Waals surface area contributed by atoms with Gasteiger partial charge in [0.25, 0.3) is 0 Å². The van der Waals surface area contributed by atoms with Crippen LogP contribution in [0.3, 0.4) is 0 Å². The van der Waals surface area contributed by atoms with E-state index in [9.17, 15) is 4.79 Å².